The highest BCUT2D eigenvalue weighted by molar-refractivity contribution is 5.23. The molecule has 0 atom stereocenters. The minimum Gasteiger partial charge on any atom is -0.619 e. The predicted molar refractivity (Wildman–Crippen MR) is 31.8 cm³/mol. The second-order valence-corrected chi connectivity index (χ2v) is 1.87. The summed E-state index contributed by atoms with van der Waals surface area (Å²) in [4.78, 5) is 0. The van der Waals surface area contributed by atoms with Gasteiger partial charge in [-0.3, -0.25) is 0 Å². The zero-order chi connectivity index (χ0) is 6.85. The van der Waals surface area contributed by atoms with Crippen molar-refractivity contribution in [1.82, 2.24) is 0 Å². The number of aromatic hydroxyl groups is 1. The van der Waals surface area contributed by atoms with Crippen molar-refractivity contribution in [3.63, 3.8) is 0 Å². The largest absolute Gasteiger partial charge is 0.619 e. The van der Waals surface area contributed by atoms with Crippen LogP contribution < -0.4 is 4.73 Å². The summed E-state index contributed by atoms with van der Waals surface area (Å²) in [6, 6.07) is 1.56. The van der Waals surface area contributed by atoms with E-state index in [1.807, 2.05) is 0 Å². The molecule has 0 unspecified atom stereocenters. The summed E-state index contributed by atoms with van der Waals surface area (Å²) in [5.74, 6) is 0.0347. The van der Waals surface area contributed by atoms with Crippen molar-refractivity contribution >= 4 is 0 Å². The zero-order valence-corrected chi connectivity index (χ0v) is 5.03. The summed E-state index contributed by atoms with van der Waals surface area (Å²) in [6.07, 6.45) is 2.46. The Kier molecular flexibility index (Phi) is 1.26. The highest BCUT2D eigenvalue weighted by Crippen LogP contribution is 2.09. The molecule has 9 heavy (non-hydrogen) atoms. The third kappa shape index (κ3) is 1.10. The molecule has 1 aromatic rings. The molecular formula is C6H7NO2. The molecule has 0 spiro atoms. The smallest absolute Gasteiger partial charge is 0.222 e. The molecule has 3 nitrogen and oxygen atoms in total. The highest BCUT2D eigenvalue weighted by Gasteiger charge is 1.96. The maximum atomic E-state index is 10.4. The maximum Gasteiger partial charge on any atom is 0.222 e. The topological polar surface area (TPSA) is 47.2 Å². The van der Waals surface area contributed by atoms with Crippen LogP contribution in [0.3, 0.4) is 0 Å². The van der Waals surface area contributed by atoms with E-state index in [-0.39, 0.29) is 5.75 Å². The standard InChI is InChI=1S/C6H7NO2/c1-5-2-3-7(9)4-6(5)8/h2-4,8H,1H3. The van der Waals surface area contributed by atoms with E-state index >= 15 is 0 Å². The van der Waals surface area contributed by atoms with Gasteiger partial charge in [-0.25, -0.2) is 0 Å². The van der Waals surface area contributed by atoms with Gasteiger partial charge in [0.1, 0.15) is 0 Å². The summed E-state index contributed by atoms with van der Waals surface area (Å²) >= 11 is 0. The Morgan fingerprint density at radius 1 is 1.67 bits per heavy atom. The summed E-state index contributed by atoms with van der Waals surface area (Å²) < 4.78 is 0.558. The van der Waals surface area contributed by atoms with Gasteiger partial charge in [-0.2, -0.15) is 4.73 Å². The van der Waals surface area contributed by atoms with Crippen LogP contribution >= 0.6 is 0 Å². The van der Waals surface area contributed by atoms with Gasteiger partial charge < -0.3 is 10.3 Å². The fourth-order valence-electron chi connectivity index (χ4n) is 0.536. The fraction of sp³-hybridized carbons (Fsp3) is 0.167. The molecule has 0 radical (unpaired) electrons. The minimum absolute atomic E-state index is 0.0347. The van der Waals surface area contributed by atoms with Gasteiger partial charge in [0.15, 0.2) is 11.9 Å². The van der Waals surface area contributed by atoms with Crippen LogP contribution in [0.25, 0.3) is 0 Å². The Labute approximate surface area is 52.8 Å². The first kappa shape index (κ1) is 5.88. The molecule has 0 aromatic carbocycles. The number of rotatable bonds is 0. The van der Waals surface area contributed by atoms with Crippen molar-refractivity contribution in [1.29, 1.82) is 0 Å². The predicted octanol–water partition coefficient (Wildman–Crippen LogP) is 0.334. The normalized spacial score (nSPS) is 9.44. The lowest BCUT2D eigenvalue weighted by molar-refractivity contribution is -0.605. The lowest BCUT2D eigenvalue weighted by atomic mass is 10.3. The molecule has 0 saturated carbocycles. The van der Waals surface area contributed by atoms with Crippen LogP contribution in [0.15, 0.2) is 18.5 Å². The fourth-order valence-corrected chi connectivity index (χ4v) is 0.536. The zero-order valence-electron chi connectivity index (χ0n) is 5.03. The molecular weight excluding hydrogens is 118 g/mol. The molecule has 3 heteroatoms. The summed E-state index contributed by atoms with van der Waals surface area (Å²) in [7, 11) is 0. The molecule has 0 saturated heterocycles. The molecule has 1 heterocycles. The maximum absolute atomic E-state index is 10.4. The van der Waals surface area contributed by atoms with Crippen LogP contribution in [-0.2, 0) is 0 Å². The van der Waals surface area contributed by atoms with E-state index < -0.39 is 0 Å². The van der Waals surface area contributed by atoms with Crippen LogP contribution in [-0.4, -0.2) is 5.11 Å². The van der Waals surface area contributed by atoms with E-state index in [1.54, 1.807) is 13.0 Å². The number of aromatic nitrogens is 1. The second kappa shape index (κ2) is 1.93. The van der Waals surface area contributed by atoms with Crippen molar-refractivity contribution in [3.05, 3.63) is 29.2 Å². The molecule has 1 rings (SSSR count). The van der Waals surface area contributed by atoms with Crippen LogP contribution in [0.2, 0.25) is 0 Å². The van der Waals surface area contributed by atoms with E-state index in [0.717, 1.165) is 6.20 Å². The lowest BCUT2D eigenvalue weighted by Crippen LogP contribution is -2.23. The molecule has 0 aliphatic rings. The molecule has 1 N–H and O–H groups in total. The third-order valence-corrected chi connectivity index (χ3v) is 1.13. The molecule has 48 valence electrons. The van der Waals surface area contributed by atoms with Crippen LogP contribution in [0, 0.1) is 12.1 Å². The van der Waals surface area contributed by atoms with Crippen LogP contribution in [0.5, 0.6) is 5.75 Å². The average molecular weight is 125 g/mol. The summed E-state index contributed by atoms with van der Waals surface area (Å²) in [5, 5.41) is 19.3. The number of hydrogen-bond acceptors (Lipinski definition) is 2. The molecule has 0 aliphatic carbocycles. The van der Waals surface area contributed by atoms with E-state index in [4.69, 9.17) is 5.11 Å². The van der Waals surface area contributed by atoms with Gasteiger partial charge in [0, 0.05) is 11.6 Å². The lowest BCUT2D eigenvalue weighted by Gasteiger charge is -1.96. The number of nitrogens with zero attached hydrogens (tertiary/aromatic N) is 1. The van der Waals surface area contributed by atoms with E-state index in [2.05, 4.69) is 0 Å². The second-order valence-electron chi connectivity index (χ2n) is 1.87. The van der Waals surface area contributed by atoms with Gasteiger partial charge in [-0.15, -0.1) is 0 Å². The van der Waals surface area contributed by atoms with Gasteiger partial charge in [0.25, 0.3) is 0 Å². The Bertz CT molecular complexity index is 222. The molecule has 0 bridgehead atoms. The Morgan fingerprint density at radius 2 is 2.33 bits per heavy atom. The third-order valence-electron chi connectivity index (χ3n) is 1.13. The monoisotopic (exact) mass is 125 g/mol. The quantitative estimate of drug-likeness (QED) is 0.401. The minimum atomic E-state index is 0.0347. The van der Waals surface area contributed by atoms with Gasteiger partial charge >= 0.3 is 0 Å². The van der Waals surface area contributed by atoms with E-state index in [1.165, 1.54) is 6.20 Å². The van der Waals surface area contributed by atoms with E-state index in [0.29, 0.717) is 10.3 Å². The van der Waals surface area contributed by atoms with Crippen molar-refractivity contribution in [3.8, 4) is 5.75 Å². The van der Waals surface area contributed by atoms with Crippen LogP contribution in [0.4, 0.5) is 0 Å². The first-order chi connectivity index (χ1) is 4.20. The number of hydrogen-bond donors (Lipinski definition) is 1. The Balaban J connectivity index is 3.17. The first-order valence-electron chi connectivity index (χ1n) is 2.58. The van der Waals surface area contributed by atoms with Gasteiger partial charge in [0.05, 0.1) is 0 Å². The summed E-state index contributed by atoms with van der Waals surface area (Å²) in [6.45, 7) is 1.73. The van der Waals surface area contributed by atoms with Crippen molar-refractivity contribution in [2.75, 3.05) is 0 Å². The van der Waals surface area contributed by atoms with E-state index in [9.17, 15) is 5.21 Å². The van der Waals surface area contributed by atoms with Crippen molar-refractivity contribution < 1.29 is 9.84 Å². The number of aryl methyl sites for hydroxylation is 1. The molecule has 0 aliphatic heterocycles. The molecule has 0 fully saturated rings. The van der Waals surface area contributed by atoms with Gasteiger partial charge in [0.2, 0.25) is 6.20 Å². The molecule has 1 aromatic heterocycles. The van der Waals surface area contributed by atoms with Crippen molar-refractivity contribution in [2.24, 2.45) is 0 Å². The average Bonchev–Trinajstić information content (AvgIpc) is 1.80. The SMILES string of the molecule is Cc1cc[n+]([O-])cc1O. The molecule has 0 amide bonds. The highest BCUT2D eigenvalue weighted by atomic mass is 16.5. The first-order valence-corrected chi connectivity index (χ1v) is 2.58. The van der Waals surface area contributed by atoms with Crippen LogP contribution in [0.1, 0.15) is 5.56 Å². The van der Waals surface area contributed by atoms with Crippen molar-refractivity contribution in [2.45, 2.75) is 6.92 Å². The van der Waals surface area contributed by atoms with Gasteiger partial charge in [-0.05, 0) is 6.92 Å². The Hall–Kier alpha value is -1.25. The number of pyridine rings is 1. The summed E-state index contributed by atoms with van der Waals surface area (Å²) in [5.41, 5.74) is 0.710. The Morgan fingerprint density at radius 3 is 2.78 bits per heavy atom. The van der Waals surface area contributed by atoms with Gasteiger partial charge in [-0.1, -0.05) is 0 Å².